The number of hydrogen-bond acceptors (Lipinski definition) is 2. The fraction of sp³-hybridized carbons (Fsp3) is 0.200. The van der Waals surface area contributed by atoms with Crippen LogP contribution in [-0.4, -0.2) is 10.8 Å². The lowest BCUT2D eigenvalue weighted by Gasteiger charge is -2.08. The zero-order valence-corrected chi connectivity index (χ0v) is 10.1. The van der Waals surface area contributed by atoms with Crippen molar-refractivity contribution in [3.8, 4) is 11.3 Å². The van der Waals surface area contributed by atoms with Crippen LogP contribution in [0.1, 0.15) is 29.3 Å². The molecule has 86 valence electrons. The number of ketones is 1. The van der Waals surface area contributed by atoms with E-state index in [4.69, 9.17) is 0 Å². The molecule has 1 aromatic heterocycles. The second-order valence-corrected chi connectivity index (χ2v) is 4.04. The Morgan fingerprint density at radius 3 is 2.71 bits per heavy atom. The average molecular weight is 225 g/mol. The summed E-state index contributed by atoms with van der Waals surface area (Å²) in [5, 5.41) is 0. The van der Waals surface area contributed by atoms with Crippen molar-refractivity contribution in [3.05, 3.63) is 53.7 Å². The lowest BCUT2D eigenvalue weighted by atomic mass is 9.97. The number of benzene rings is 1. The Balaban J connectivity index is 2.59. The molecule has 0 atom stereocenters. The third kappa shape index (κ3) is 2.41. The van der Waals surface area contributed by atoms with Crippen LogP contribution >= 0.6 is 0 Å². The van der Waals surface area contributed by atoms with Crippen molar-refractivity contribution < 1.29 is 4.79 Å². The quantitative estimate of drug-likeness (QED) is 0.746. The van der Waals surface area contributed by atoms with Gasteiger partial charge in [-0.25, -0.2) is 0 Å². The van der Waals surface area contributed by atoms with E-state index in [9.17, 15) is 4.79 Å². The number of carbonyl (C=O) groups excluding carboxylic acids is 1. The van der Waals surface area contributed by atoms with Gasteiger partial charge in [-0.3, -0.25) is 9.78 Å². The predicted octanol–water partition coefficient (Wildman–Crippen LogP) is 3.65. The number of carbonyl (C=O) groups is 1. The van der Waals surface area contributed by atoms with Gasteiger partial charge in [0.25, 0.3) is 0 Å². The van der Waals surface area contributed by atoms with E-state index in [1.807, 2.05) is 50.2 Å². The van der Waals surface area contributed by atoms with Gasteiger partial charge in [0.1, 0.15) is 0 Å². The Morgan fingerprint density at radius 1 is 1.24 bits per heavy atom. The highest BCUT2D eigenvalue weighted by molar-refractivity contribution is 6.01. The molecule has 0 aliphatic carbocycles. The zero-order valence-electron chi connectivity index (χ0n) is 10.1. The summed E-state index contributed by atoms with van der Waals surface area (Å²) in [5.74, 6) is 0.158. The molecule has 2 nitrogen and oxygen atoms in total. The highest BCUT2D eigenvalue weighted by atomic mass is 16.1. The maximum absolute atomic E-state index is 11.9. The lowest BCUT2D eigenvalue weighted by molar-refractivity contribution is 0.0989. The number of pyridine rings is 1. The van der Waals surface area contributed by atoms with Crippen LogP contribution < -0.4 is 0 Å². The molecule has 0 N–H and O–H groups in total. The minimum absolute atomic E-state index is 0.158. The number of aromatic nitrogens is 1. The molecule has 0 spiro atoms. The summed E-state index contributed by atoms with van der Waals surface area (Å²) in [6.07, 6.45) is 2.26. The Kier molecular flexibility index (Phi) is 3.33. The maximum atomic E-state index is 11.9. The Hall–Kier alpha value is -1.96. The monoisotopic (exact) mass is 225 g/mol. The smallest absolute Gasteiger partial charge is 0.163 e. The van der Waals surface area contributed by atoms with E-state index >= 15 is 0 Å². The van der Waals surface area contributed by atoms with Crippen LogP contribution in [0.2, 0.25) is 0 Å². The summed E-state index contributed by atoms with van der Waals surface area (Å²) in [6, 6.07) is 11.6. The normalized spacial score (nSPS) is 10.2. The van der Waals surface area contributed by atoms with Gasteiger partial charge in [0.05, 0.1) is 5.69 Å². The van der Waals surface area contributed by atoms with Gasteiger partial charge in [0, 0.05) is 23.7 Å². The van der Waals surface area contributed by atoms with Crippen molar-refractivity contribution in [2.75, 3.05) is 0 Å². The number of nitrogens with zero attached hydrogens (tertiary/aromatic N) is 1. The van der Waals surface area contributed by atoms with Gasteiger partial charge in [0.15, 0.2) is 5.78 Å². The van der Waals surface area contributed by atoms with Crippen molar-refractivity contribution in [1.82, 2.24) is 4.98 Å². The van der Waals surface area contributed by atoms with Crippen molar-refractivity contribution in [2.24, 2.45) is 0 Å². The predicted molar refractivity (Wildman–Crippen MR) is 69.0 cm³/mol. The third-order valence-corrected chi connectivity index (χ3v) is 2.74. The van der Waals surface area contributed by atoms with Crippen LogP contribution in [-0.2, 0) is 0 Å². The Morgan fingerprint density at radius 2 is 2.06 bits per heavy atom. The summed E-state index contributed by atoms with van der Waals surface area (Å²) in [7, 11) is 0. The van der Waals surface area contributed by atoms with Crippen LogP contribution in [0.5, 0.6) is 0 Å². The van der Waals surface area contributed by atoms with Crippen LogP contribution in [0.15, 0.2) is 42.6 Å². The molecule has 2 aromatic rings. The van der Waals surface area contributed by atoms with Crippen molar-refractivity contribution in [2.45, 2.75) is 20.3 Å². The van der Waals surface area contributed by atoms with E-state index in [-0.39, 0.29) is 5.78 Å². The molecular weight excluding hydrogens is 210 g/mol. The lowest BCUT2D eigenvalue weighted by Crippen LogP contribution is -2.00. The van der Waals surface area contributed by atoms with Gasteiger partial charge >= 0.3 is 0 Å². The number of Topliss-reactive ketones (excluding diaryl/α,β-unsaturated/α-hetero) is 1. The Labute approximate surface area is 101 Å². The van der Waals surface area contributed by atoms with E-state index in [1.54, 1.807) is 6.20 Å². The first-order valence-electron chi connectivity index (χ1n) is 5.77. The topological polar surface area (TPSA) is 30.0 Å². The van der Waals surface area contributed by atoms with Gasteiger partial charge in [0.2, 0.25) is 0 Å². The first-order valence-corrected chi connectivity index (χ1v) is 5.77. The highest BCUT2D eigenvalue weighted by Gasteiger charge is 2.11. The summed E-state index contributed by atoms with van der Waals surface area (Å²) >= 11 is 0. The van der Waals surface area contributed by atoms with Crippen molar-refractivity contribution in [3.63, 3.8) is 0 Å². The van der Waals surface area contributed by atoms with Crippen LogP contribution in [0.3, 0.4) is 0 Å². The molecule has 0 fully saturated rings. The molecule has 0 aliphatic rings. The second-order valence-electron chi connectivity index (χ2n) is 4.04. The van der Waals surface area contributed by atoms with E-state index in [0.717, 1.165) is 22.4 Å². The van der Waals surface area contributed by atoms with Gasteiger partial charge in [-0.15, -0.1) is 0 Å². The number of hydrogen-bond donors (Lipinski definition) is 0. The van der Waals surface area contributed by atoms with Gasteiger partial charge in [-0.05, 0) is 25.1 Å². The SMILES string of the molecule is CCC(=O)c1ccc(C)cc1-c1ccccn1. The van der Waals surface area contributed by atoms with Crippen LogP contribution in [0.25, 0.3) is 11.3 Å². The third-order valence-electron chi connectivity index (χ3n) is 2.74. The van der Waals surface area contributed by atoms with Crippen LogP contribution in [0.4, 0.5) is 0 Å². The Bertz CT molecular complexity index is 532. The molecule has 2 heteroatoms. The minimum Gasteiger partial charge on any atom is -0.294 e. The van der Waals surface area contributed by atoms with E-state index in [0.29, 0.717) is 6.42 Å². The molecule has 17 heavy (non-hydrogen) atoms. The molecule has 0 radical (unpaired) electrons. The first kappa shape index (κ1) is 11.5. The first-order chi connectivity index (χ1) is 8.22. The van der Waals surface area contributed by atoms with E-state index in [1.165, 1.54) is 0 Å². The second kappa shape index (κ2) is 4.91. The molecule has 0 unspecified atom stereocenters. The molecule has 1 heterocycles. The average Bonchev–Trinajstić information content (AvgIpc) is 2.39. The van der Waals surface area contributed by atoms with Crippen molar-refractivity contribution >= 4 is 5.78 Å². The number of aryl methyl sites for hydroxylation is 1. The fourth-order valence-corrected chi connectivity index (χ4v) is 1.83. The molecule has 0 amide bonds. The van der Waals surface area contributed by atoms with E-state index in [2.05, 4.69) is 4.98 Å². The van der Waals surface area contributed by atoms with Gasteiger partial charge in [-0.1, -0.05) is 30.7 Å². The largest absolute Gasteiger partial charge is 0.294 e. The molecule has 0 saturated carbocycles. The summed E-state index contributed by atoms with van der Waals surface area (Å²) in [6.45, 7) is 3.90. The van der Waals surface area contributed by atoms with Crippen molar-refractivity contribution in [1.29, 1.82) is 0 Å². The summed E-state index contributed by atoms with van der Waals surface area (Å²) < 4.78 is 0. The summed E-state index contributed by atoms with van der Waals surface area (Å²) in [4.78, 5) is 16.2. The molecule has 0 saturated heterocycles. The minimum atomic E-state index is 0.158. The number of rotatable bonds is 3. The van der Waals surface area contributed by atoms with Crippen LogP contribution in [0, 0.1) is 6.92 Å². The molecule has 0 aliphatic heterocycles. The van der Waals surface area contributed by atoms with Gasteiger partial charge < -0.3 is 0 Å². The molecule has 2 rings (SSSR count). The van der Waals surface area contributed by atoms with E-state index < -0.39 is 0 Å². The summed E-state index contributed by atoms with van der Waals surface area (Å²) in [5.41, 5.74) is 3.68. The molecular formula is C15H15NO. The standard InChI is InChI=1S/C15H15NO/c1-3-15(17)12-8-7-11(2)10-13(12)14-6-4-5-9-16-14/h4-10H,3H2,1-2H3. The zero-order chi connectivity index (χ0) is 12.3. The highest BCUT2D eigenvalue weighted by Crippen LogP contribution is 2.24. The molecule has 1 aromatic carbocycles. The van der Waals surface area contributed by atoms with Gasteiger partial charge in [-0.2, -0.15) is 0 Å². The molecule has 0 bridgehead atoms. The fourth-order valence-electron chi connectivity index (χ4n) is 1.83. The maximum Gasteiger partial charge on any atom is 0.163 e.